The van der Waals surface area contributed by atoms with Crippen molar-refractivity contribution in [3.8, 4) is 5.75 Å². The van der Waals surface area contributed by atoms with E-state index in [0.717, 1.165) is 26.1 Å². The van der Waals surface area contributed by atoms with Gasteiger partial charge in [0.25, 0.3) is 0 Å². The summed E-state index contributed by atoms with van der Waals surface area (Å²) in [5.41, 5.74) is 6.25. The molecule has 1 unspecified atom stereocenters. The third kappa shape index (κ3) is 9.43. The van der Waals surface area contributed by atoms with Crippen molar-refractivity contribution in [1.82, 2.24) is 0 Å². The van der Waals surface area contributed by atoms with Gasteiger partial charge in [-0.25, -0.2) is 0 Å². The van der Waals surface area contributed by atoms with Crippen molar-refractivity contribution in [2.75, 3.05) is 38.3 Å². The summed E-state index contributed by atoms with van der Waals surface area (Å²) in [6.07, 6.45) is -2.93. The summed E-state index contributed by atoms with van der Waals surface area (Å²) in [4.78, 5) is 4.14. The molecule has 1 aliphatic rings. The first-order valence-electron chi connectivity index (χ1n) is 8.00. The number of rotatable bonds is 8. The summed E-state index contributed by atoms with van der Waals surface area (Å²) >= 11 is 0. The van der Waals surface area contributed by atoms with Crippen molar-refractivity contribution >= 4 is 35.6 Å². The number of nitrogens with one attached hydrogen (secondary N) is 1. The number of nitrogens with two attached hydrogens (primary N) is 1. The van der Waals surface area contributed by atoms with Crippen molar-refractivity contribution in [2.45, 2.75) is 19.2 Å². The number of hydrogen-bond donors (Lipinski definition) is 2. The zero-order valence-corrected chi connectivity index (χ0v) is 16.5. The van der Waals surface area contributed by atoms with Crippen LogP contribution >= 0.6 is 24.0 Å². The van der Waals surface area contributed by atoms with Gasteiger partial charge in [-0.2, -0.15) is 0 Å². The van der Waals surface area contributed by atoms with Crippen LogP contribution < -0.4 is 15.8 Å². The van der Waals surface area contributed by atoms with Crippen LogP contribution in [0.1, 0.15) is 12.8 Å². The maximum atomic E-state index is 12.1. The van der Waals surface area contributed by atoms with Crippen LogP contribution in [0.25, 0.3) is 0 Å². The third-order valence-electron chi connectivity index (χ3n) is 3.47. The molecule has 0 aromatic heterocycles. The predicted molar refractivity (Wildman–Crippen MR) is 103 cm³/mol. The van der Waals surface area contributed by atoms with E-state index in [-0.39, 0.29) is 35.7 Å². The molecule has 2 rings (SSSR count). The molecule has 1 heterocycles. The predicted octanol–water partition coefficient (Wildman–Crippen LogP) is 3.37. The molecule has 1 aromatic carbocycles. The first-order chi connectivity index (χ1) is 11.9. The molecular weight excluding hydrogens is 466 g/mol. The average Bonchev–Trinajstić information content (AvgIpc) is 3.04. The van der Waals surface area contributed by atoms with Crippen LogP contribution in [0.4, 0.5) is 18.9 Å². The first kappa shape index (κ1) is 22.8. The second-order valence-corrected chi connectivity index (χ2v) is 5.62. The molecule has 1 saturated heterocycles. The molecule has 1 atom stereocenters. The van der Waals surface area contributed by atoms with Crippen LogP contribution in [-0.2, 0) is 9.47 Å². The molecular formula is C16H23F3IN3O3. The fourth-order valence-electron chi connectivity index (χ4n) is 2.26. The lowest BCUT2D eigenvalue weighted by Crippen LogP contribution is -2.23. The number of alkyl halides is 3. The number of anilines is 1. The molecule has 6 nitrogen and oxygen atoms in total. The van der Waals surface area contributed by atoms with Crippen molar-refractivity contribution in [3.63, 3.8) is 0 Å². The van der Waals surface area contributed by atoms with E-state index >= 15 is 0 Å². The van der Waals surface area contributed by atoms with E-state index in [1.807, 2.05) is 0 Å². The quantitative estimate of drug-likeness (QED) is 0.254. The molecule has 0 spiro atoms. The van der Waals surface area contributed by atoms with Gasteiger partial charge in [0, 0.05) is 31.4 Å². The van der Waals surface area contributed by atoms with E-state index in [9.17, 15) is 13.2 Å². The number of guanidine groups is 1. The average molecular weight is 489 g/mol. The van der Waals surface area contributed by atoms with Gasteiger partial charge in [0.1, 0.15) is 5.75 Å². The van der Waals surface area contributed by atoms with E-state index in [2.05, 4.69) is 15.0 Å². The fourth-order valence-corrected chi connectivity index (χ4v) is 2.26. The van der Waals surface area contributed by atoms with Gasteiger partial charge in [-0.1, -0.05) is 0 Å². The molecule has 0 saturated carbocycles. The molecule has 0 radical (unpaired) electrons. The van der Waals surface area contributed by atoms with Gasteiger partial charge < -0.3 is 25.3 Å². The summed E-state index contributed by atoms with van der Waals surface area (Å²) in [5.74, 6) is 0.381. The summed E-state index contributed by atoms with van der Waals surface area (Å²) in [5, 5.41) is 2.80. The minimum atomic E-state index is -4.71. The number of benzene rings is 1. The van der Waals surface area contributed by atoms with Crippen molar-refractivity contribution in [3.05, 3.63) is 24.3 Å². The lowest BCUT2D eigenvalue weighted by molar-refractivity contribution is -0.274. The Bertz CT molecular complexity index is 550. The Labute approximate surface area is 167 Å². The normalized spacial score (nSPS) is 17.7. The summed E-state index contributed by atoms with van der Waals surface area (Å²) < 4.78 is 50.8. The van der Waals surface area contributed by atoms with Crippen molar-refractivity contribution in [2.24, 2.45) is 16.6 Å². The number of halogens is 4. The third-order valence-corrected chi connectivity index (χ3v) is 3.47. The van der Waals surface area contributed by atoms with Gasteiger partial charge >= 0.3 is 6.36 Å². The lowest BCUT2D eigenvalue weighted by atomic mass is 10.1. The molecule has 1 fully saturated rings. The monoisotopic (exact) mass is 489 g/mol. The van der Waals surface area contributed by atoms with Crippen molar-refractivity contribution < 1.29 is 27.4 Å². The highest BCUT2D eigenvalue weighted by atomic mass is 127. The topological polar surface area (TPSA) is 78.1 Å². The zero-order chi connectivity index (χ0) is 18.1. The largest absolute Gasteiger partial charge is 0.573 e. The van der Waals surface area contributed by atoms with Crippen LogP contribution in [0, 0.1) is 5.92 Å². The van der Waals surface area contributed by atoms with Crippen LogP contribution in [0.5, 0.6) is 5.75 Å². The van der Waals surface area contributed by atoms with E-state index in [4.69, 9.17) is 15.2 Å². The number of nitrogens with zero attached hydrogens (tertiary/aromatic N) is 1. The first-order valence-corrected chi connectivity index (χ1v) is 8.00. The standard InChI is InChI=1S/C16H22F3N3O3.HI/c17-16(18,19)25-14-4-2-13(3-5-14)22-15(20)21-7-1-8-23-10-12-6-9-24-11-12;/h2-5,12H,1,6-11H2,(H3,20,21,22);1H. The smallest absolute Gasteiger partial charge is 0.406 e. The molecule has 0 bridgehead atoms. The van der Waals surface area contributed by atoms with E-state index in [1.165, 1.54) is 24.3 Å². The van der Waals surface area contributed by atoms with Gasteiger partial charge in [0.05, 0.1) is 13.2 Å². The zero-order valence-electron chi connectivity index (χ0n) is 14.1. The van der Waals surface area contributed by atoms with Crippen molar-refractivity contribution in [1.29, 1.82) is 0 Å². The van der Waals surface area contributed by atoms with Crippen LogP contribution in [0.3, 0.4) is 0 Å². The minimum absolute atomic E-state index is 0. The maximum Gasteiger partial charge on any atom is 0.573 e. The van der Waals surface area contributed by atoms with Gasteiger partial charge in [-0.05, 0) is 37.1 Å². The van der Waals surface area contributed by atoms with Gasteiger partial charge in [0.15, 0.2) is 5.96 Å². The number of aliphatic imine (C=N–C) groups is 1. The number of ether oxygens (including phenoxy) is 3. The summed E-state index contributed by atoms with van der Waals surface area (Å²) in [6, 6.07) is 5.25. The molecule has 3 N–H and O–H groups in total. The number of hydrogen-bond acceptors (Lipinski definition) is 4. The SMILES string of the molecule is I.NC(=NCCCOCC1CCOC1)Nc1ccc(OC(F)(F)F)cc1. The molecule has 10 heteroatoms. The summed E-state index contributed by atoms with van der Waals surface area (Å²) in [6.45, 7) is 3.36. The van der Waals surface area contributed by atoms with Gasteiger partial charge in [0.2, 0.25) is 0 Å². The Morgan fingerprint density at radius 2 is 2.04 bits per heavy atom. The van der Waals surface area contributed by atoms with Gasteiger partial charge in [-0.15, -0.1) is 37.1 Å². The second-order valence-electron chi connectivity index (χ2n) is 5.62. The Morgan fingerprint density at radius 3 is 2.65 bits per heavy atom. The second kappa shape index (κ2) is 11.4. The maximum absolute atomic E-state index is 12.1. The molecule has 1 aliphatic heterocycles. The van der Waals surface area contributed by atoms with E-state index < -0.39 is 6.36 Å². The minimum Gasteiger partial charge on any atom is -0.406 e. The van der Waals surface area contributed by atoms with Crippen LogP contribution in [0.2, 0.25) is 0 Å². The Kier molecular flexibility index (Phi) is 10.0. The van der Waals surface area contributed by atoms with E-state index in [1.54, 1.807) is 0 Å². The lowest BCUT2D eigenvalue weighted by Gasteiger charge is -2.10. The van der Waals surface area contributed by atoms with Gasteiger partial charge in [-0.3, -0.25) is 4.99 Å². The molecule has 0 aliphatic carbocycles. The Balaban J connectivity index is 0.00000338. The highest BCUT2D eigenvalue weighted by molar-refractivity contribution is 14.0. The summed E-state index contributed by atoms with van der Waals surface area (Å²) in [7, 11) is 0. The molecule has 1 aromatic rings. The molecule has 148 valence electrons. The van der Waals surface area contributed by atoms with Crippen LogP contribution in [0.15, 0.2) is 29.3 Å². The fraction of sp³-hybridized carbons (Fsp3) is 0.562. The highest BCUT2D eigenvalue weighted by Gasteiger charge is 2.30. The Hall–Kier alpha value is -1.27. The van der Waals surface area contributed by atoms with E-state index in [0.29, 0.717) is 31.4 Å². The Morgan fingerprint density at radius 1 is 1.31 bits per heavy atom. The highest BCUT2D eigenvalue weighted by Crippen LogP contribution is 2.23. The molecule has 0 amide bonds. The van der Waals surface area contributed by atoms with Crippen LogP contribution in [-0.4, -0.2) is 45.3 Å². The molecule has 26 heavy (non-hydrogen) atoms.